The van der Waals surface area contributed by atoms with Crippen molar-refractivity contribution >= 4 is 39.3 Å². The van der Waals surface area contributed by atoms with Crippen LogP contribution in [0.3, 0.4) is 0 Å². The van der Waals surface area contributed by atoms with Gasteiger partial charge in [0.25, 0.3) is 0 Å². The summed E-state index contributed by atoms with van der Waals surface area (Å²) >= 11 is 1.31. The molecule has 0 heterocycles. The van der Waals surface area contributed by atoms with E-state index in [1.807, 2.05) is 0 Å². The zero-order chi connectivity index (χ0) is 2.00. The molecule has 0 aromatic rings. The van der Waals surface area contributed by atoms with Crippen LogP contribution in [0.5, 0.6) is 0 Å². The summed E-state index contributed by atoms with van der Waals surface area (Å²) in [7, 11) is 0. The van der Waals surface area contributed by atoms with Crippen molar-refractivity contribution in [2.45, 2.75) is 5.79 Å². The quantitative estimate of drug-likeness (QED) is 0.358. The largest absolute Gasteiger partial charge is 0.316 e. The van der Waals surface area contributed by atoms with Crippen molar-refractivity contribution in [3.63, 3.8) is 0 Å². The minimum atomic E-state index is 0. The summed E-state index contributed by atoms with van der Waals surface area (Å²) in [4.78, 5) is 0. The van der Waals surface area contributed by atoms with Gasteiger partial charge in [0, 0.05) is 16.5 Å². The maximum absolute atomic E-state index is 2.14. The Balaban J connectivity index is -0.00000000500. The predicted molar refractivity (Wildman–Crippen MR) is 23.0 cm³/mol. The molecule has 0 bridgehead atoms. The van der Waals surface area contributed by atoms with Crippen molar-refractivity contribution in [1.29, 1.82) is 0 Å². The van der Waals surface area contributed by atoms with E-state index in [1.165, 1.54) is 16.3 Å². The molecule has 26 valence electrons. The first-order chi connectivity index (χ1) is 1.00. The Morgan fingerprint density at radius 2 is 1.25 bits per heavy atom. The summed E-state index contributed by atoms with van der Waals surface area (Å²) in [6.07, 6.45) is 0. The molecule has 0 rings (SSSR count). The average Bonchev–Trinajstić information content (AvgIpc) is 1.00. The third kappa shape index (κ3) is 9.20. The summed E-state index contributed by atoms with van der Waals surface area (Å²) in [5, 5.41) is 0. The third-order valence-electron chi connectivity index (χ3n) is 0. The summed E-state index contributed by atoms with van der Waals surface area (Å²) in [6, 6.07) is 0. The van der Waals surface area contributed by atoms with Gasteiger partial charge in [-0.3, -0.25) is 0 Å². The Morgan fingerprint density at radius 3 is 1.25 bits per heavy atom. The van der Waals surface area contributed by atoms with E-state index in [0.29, 0.717) is 0 Å². The molecule has 0 saturated heterocycles. The van der Waals surface area contributed by atoms with Gasteiger partial charge in [-0.15, -0.1) is 5.79 Å². The van der Waals surface area contributed by atoms with Gasteiger partial charge in [-0.1, -0.05) is 0 Å². The van der Waals surface area contributed by atoms with Gasteiger partial charge < -0.3 is 0 Å². The van der Waals surface area contributed by atoms with E-state index in [2.05, 4.69) is 5.79 Å². The molecule has 3 heteroatoms. The Labute approximate surface area is 61.2 Å². The van der Waals surface area contributed by atoms with Crippen molar-refractivity contribution in [2.75, 3.05) is 0 Å². The van der Waals surface area contributed by atoms with E-state index in [-0.39, 0.29) is 39.5 Å². The minimum Gasteiger partial charge on any atom is -0.112 e. The van der Waals surface area contributed by atoms with Crippen molar-refractivity contribution in [3.8, 4) is 0 Å². The third-order valence-corrected chi connectivity index (χ3v) is 0. The van der Waals surface area contributed by atoms with Crippen LogP contribution in [0.25, 0.3) is 0 Å². The molecule has 4 heavy (non-hydrogen) atoms. The van der Waals surface area contributed by atoms with Gasteiger partial charge in [0.15, 0.2) is 0 Å². The van der Waals surface area contributed by atoms with E-state index in [9.17, 15) is 0 Å². The Hall–Kier alpha value is 1.79. The fourth-order valence-corrected chi connectivity index (χ4v) is 0. The van der Waals surface area contributed by atoms with Crippen LogP contribution in [0, 0.1) is 0 Å². The Morgan fingerprint density at radius 1 is 1.25 bits per heavy atom. The fourth-order valence-electron chi connectivity index (χ4n) is 0. The van der Waals surface area contributed by atoms with E-state index in [0.717, 1.165) is 0 Å². The van der Waals surface area contributed by atoms with Gasteiger partial charge in [-0.25, -0.2) is 0 Å². The second-order valence-corrected chi connectivity index (χ2v) is 0. The SMILES string of the molecule is [CH3][AlH2].[MgH2].[Ni]. The van der Waals surface area contributed by atoms with Gasteiger partial charge in [-0.05, 0) is 0 Å². The normalized spacial score (nSPS) is 1.25. The fraction of sp³-hybridized carbons (Fsp3) is 1.00. The monoisotopic (exact) mass is 128 g/mol. The van der Waals surface area contributed by atoms with Gasteiger partial charge in [0.1, 0.15) is 0 Å². The van der Waals surface area contributed by atoms with Crippen LogP contribution in [0.4, 0.5) is 0 Å². The van der Waals surface area contributed by atoms with Crippen molar-refractivity contribution in [1.82, 2.24) is 0 Å². The van der Waals surface area contributed by atoms with E-state index < -0.39 is 0 Å². The molecule has 0 atom stereocenters. The Kier molecular flexibility index (Phi) is 91.5. The van der Waals surface area contributed by atoms with E-state index in [4.69, 9.17) is 0 Å². The maximum Gasteiger partial charge on any atom is 0.316 e. The molecule has 0 aliphatic rings. The summed E-state index contributed by atoms with van der Waals surface area (Å²) in [6.45, 7) is 0. The molecule has 0 aliphatic carbocycles. The number of hydrogen-bond donors (Lipinski definition) is 0. The molecule has 0 saturated carbocycles. The molecule has 0 radical (unpaired) electrons. The van der Waals surface area contributed by atoms with Crippen LogP contribution in [-0.4, -0.2) is 39.3 Å². The number of hydrogen-bond acceptors (Lipinski definition) is 0. The van der Waals surface area contributed by atoms with Crippen molar-refractivity contribution < 1.29 is 16.5 Å². The van der Waals surface area contributed by atoms with Gasteiger partial charge in [0.2, 0.25) is 16.3 Å². The molecule has 0 aromatic heterocycles. The Bertz CT molecular complexity index is 8.00. The van der Waals surface area contributed by atoms with Gasteiger partial charge in [0.05, 0.1) is 0 Å². The first kappa shape index (κ1) is 17.1. The predicted octanol–water partition coefficient (Wildman–Crippen LogP) is -1.25. The second-order valence-electron chi connectivity index (χ2n) is 0. The molecular formula is CH7AlMgNi. The topological polar surface area (TPSA) is 0 Å². The van der Waals surface area contributed by atoms with Crippen LogP contribution >= 0.6 is 0 Å². The number of rotatable bonds is 0. The summed E-state index contributed by atoms with van der Waals surface area (Å²) in [5.74, 6) is 2.14. The molecular weight excluding hydrogens is 122 g/mol. The van der Waals surface area contributed by atoms with Crippen molar-refractivity contribution in [2.24, 2.45) is 0 Å². The van der Waals surface area contributed by atoms with Gasteiger partial charge >= 0.3 is 23.1 Å². The molecule has 0 N–H and O–H groups in total. The average molecular weight is 129 g/mol. The zero-order valence-corrected chi connectivity index (χ0v) is 5.30. The van der Waals surface area contributed by atoms with Gasteiger partial charge in [-0.2, -0.15) is 0 Å². The smallest absolute Gasteiger partial charge is 0.112 e. The molecule has 0 nitrogen and oxygen atoms in total. The molecule has 0 aromatic carbocycles. The van der Waals surface area contributed by atoms with E-state index in [1.54, 1.807) is 0 Å². The zero-order valence-electron chi connectivity index (χ0n) is 2.32. The molecule has 0 unspecified atom stereocenters. The van der Waals surface area contributed by atoms with Crippen LogP contribution in [0.15, 0.2) is 0 Å². The first-order valence-corrected chi connectivity index (χ1v) is 3.00. The van der Waals surface area contributed by atoms with Crippen LogP contribution in [0.2, 0.25) is 5.79 Å². The first-order valence-electron chi connectivity index (χ1n) is 1.00. The molecule has 0 fully saturated rings. The minimum absolute atomic E-state index is 0. The maximum atomic E-state index is 2.14. The summed E-state index contributed by atoms with van der Waals surface area (Å²) in [5.41, 5.74) is 0. The molecule has 0 spiro atoms. The van der Waals surface area contributed by atoms with Crippen LogP contribution in [0.1, 0.15) is 0 Å². The second kappa shape index (κ2) is 21.5. The van der Waals surface area contributed by atoms with Crippen molar-refractivity contribution in [3.05, 3.63) is 0 Å². The summed E-state index contributed by atoms with van der Waals surface area (Å²) < 4.78 is 0. The molecule has 0 amide bonds. The van der Waals surface area contributed by atoms with Crippen LogP contribution in [-0.2, 0) is 16.5 Å². The van der Waals surface area contributed by atoms with E-state index >= 15 is 0 Å². The standard InChI is InChI=1S/CH3.Al.Mg.Ni.4H/h1H3;;;;;;;. The molecule has 0 aliphatic heterocycles. The van der Waals surface area contributed by atoms with Crippen LogP contribution < -0.4 is 0 Å².